The van der Waals surface area contributed by atoms with Gasteiger partial charge in [0.2, 0.25) is 5.91 Å². The molecular formula is C18H21FN2O5S. The first-order valence-electron chi connectivity index (χ1n) is 8.09. The zero-order valence-electron chi connectivity index (χ0n) is 15.0. The van der Waals surface area contributed by atoms with Gasteiger partial charge in [0.25, 0.3) is 0 Å². The van der Waals surface area contributed by atoms with Crippen LogP contribution in [-0.4, -0.2) is 32.5 Å². The van der Waals surface area contributed by atoms with Gasteiger partial charge in [-0.15, -0.1) is 0 Å². The number of halogens is 1. The number of nitrogens with one attached hydrogen (secondary N) is 1. The van der Waals surface area contributed by atoms with Crippen LogP contribution in [0.25, 0.3) is 0 Å². The molecule has 2 N–H and O–H groups in total. The van der Waals surface area contributed by atoms with Gasteiger partial charge in [-0.05, 0) is 36.2 Å². The topological polar surface area (TPSA) is 105 Å². The highest BCUT2D eigenvalue weighted by atomic mass is 32.2. The minimum absolute atomic E-state index is 0.0209. The zero-order chi connectivity index (χ0) is 20.2. The molecular weight excluding hydrogens is 375 g/mol. The van der Waals surface area contributed by atoms with Crippen LogP contribution < -0.4 is 10.1 Å². The number of aryl methyl sites for hydroxylation is 1. The Kier molecular flexibility index (Phi) is 9.52. The van der Waals surface area contributed by atoms with E-state index in [2.05, 4.69) is 9.68 Å². The summed E-state index contributed by atoms with van der Waals surface area (Å²) < 4.78 is 41.3. The van der Waals surface area contributed by atoms with E-state index >= 15 is 0 Å². The molecule has 0 spiro atoms. The molecule has 0 radical (unpaired) electrons. The maximum atomic E-state index is 13.3. The van der Waals surface area contributed by atoms with Gasteiger partial charge in [-0.2, -0.15) is 12.8 Å². The van der Waals surface area contributed by atoms with E-state index in [0.29, 0.717) is 0 Å². The third-order valence-corrected chi connectivity index (χ3v) is 3.56. The standard InChI is InChI=1S/C14H13FO2.C4H8N2O3S/c1-2-10-7-8-14(12(16)9-10)17-13-6-4-3-5-11(13)15;1-4(7)5-2-3-6-10(8)9/h3-9,16H,2H2,1H3;2-3H2,1H3,(H,5,7). The fourth-order valence-electron chi connectivity index (χ4n) is 1.87. The van der Waals surface area contributed by atoms with Crippen molar-refractivity contribution in [2.45, 2.75) is 20.3 Å². The molecule has 2 aromatic rings. The fraction of sp³-hybridized carbons (Fsp3) is 0.278. The van der Waals surface area contributed by atoms with Crippen LogP contribution in [-0.2, 0) is 21.7 Å². The first-order chi connectivity index (χ1) is 12.8. The lowest BCUT2D eigenvalue weighted by Gasteiger charge is -2.09. The van der Waals surface area contributed by atoms with Gasteiger partial charge in [0.05, 0.1) is 6.54 Å². The molecule has 0 aliphatic carbocycles. The average Bonchev–Trinajstić information content (AvgIpc) is 2.62. The molecule has 0 aliphatic heterocycles. The number of phenolic OH excluding ortho intramolecular Hbond substituents is 1. The van der Waals surface area contributed by atoms with Gasteiger partial charge in [-0.25, -0.2) is 4.39 Å². The van der Waals surface area contributed by atoms with E-state index in [4.69, 9.17) is 4.74 Å². The zero-order valence-corrected chi connectivity index (χ0v) is 15.8. The van der Waals surface area contributed by atoms with Crippen LogP contribution in [0.5, 0.6) is 17.2 Å². The highest BCUT2D eigenvalue weighted by Crippen LogP contribution is 2.32. The number of phenols is 1. The molecule has 0 saturated heterocycles. The van der Waals surface area contributed by atoms with E-state index in [9.17, 15) is 22.7 Å². The van der Waals surface area contributed by atoms with Gasteiger partial charge in [-0.3, -0.25) is 4.79 Å². The number of hydrogen-bond acceptors (Lipinski definition) is 6. The number of para-hydroxylation sites is 1. The normalized spacial score (nSPS) is 9.59. The van der Waals surface area contributed by atoms with Crippen molar-refractivity contribution in [3.8, 4) is 17.2 Å². The van der Waals surface area contributed by atoms with Crippen molar-refractivity contribution in [1.82, 2.24) is 5.32 Å². The summed E-state index contributed by atoms with van der Waals surface area (Å²) in [6.07, 6.45) is 0.827. The molecule has 1 amide bonds. The van der Waals surface area contributed by atoms with Crippen LogP contribution in [0, 0.1) is 5.82 Å². The van der Waals surface area contributed by atoms with Crippen molar-refractivity contribution in [1.29, 1.82) is 0 Å². The number of nitrogens with zero attached hydrogens (tertiary/aromatic N) is 1. The first-order valence-corrected chi connectivity index (χ1v) is 9.12. The van der Waals surface area contributed by atoms with Crippen LogP contribution >= 0.6 is 0 Å². The van der Waals surface area contributed by atoms with Crippen molar-refractivity contribution < 1.29 is 27.4 Å². The third-order valence-electron chi connectivity index (χ3n) is 3.17. The Bertz CT molecular complexity index is 892. The van der Waals surface area contributed by atoms with Crippen molar-refractivity contribution in [3.63, 3.8) is 0 Å². The highest BCUT2D eigenvalue weighted by Gasteiger charge is 2.07. The summed E-state index contributed by atoms with van der Waals surface area (Å²) in [5.74, 6) is -0.259. The molecule has 2 aromatic carbocycles. The molecule has 9 heteroatoms. The lowest BCUT2D eigenvalue weighted by Crippen LogP contribution is -2.22. The smallest absolute Gasteiger partial charge is 0.311 e. The number of carbonyl (C=O) groups excluding carboxylic acids is 1. The molecule has 0 atom stereocenters. The van der Waals surface area contributed by atoms with E-state index in [1.807, 2.05) is 13.0 Å². The Morgan fingerprint density at radius 2 is 1.93 bits per heavy atom. The predicted octanol–water partition coefficient (Wildman–Crippen LogP) is 3.07. The molecule has 0 unspecified atom stereocenters. The van der Waals surface area contributed by atoms with Crippen molar-refractivity contribution in [2.24, 2.45) is 4.36 Å². The molecule has 2 rings (SSSR count). The molecule has 0 fully saturated rings. The van der Waals surface area contributed by atoms with E-state index in [-0.39, 0.29) is 36.2 Å². The van der Waals surface area contributed by atoms with Crippen LogP contribution in [0.3, 0.4) is 0 Å². The summed E-state index contributed by atoms with van der Waals surface area (Å²) in [5.41, 5.74) is 1.00. The second-order valence-electron chi connectivity index (χ2n) is 5.24. The third kappa shape index (κ3) is 8.82. The van der Waals surface area contributed by atoms with E-state index in [1.54, 1.807) is 24.3 Å². The summed E-state index contributed by atoms with van der Waals surface area (Å²) >= 11 is 0. The maximum Gasteiger partial charge on any atom is 0.311 e. The second kappa shape index (κ2) is 11.6. The number of amides is 1. The Balaban J connectivity index is 0.000000314. The van der Waals surface area contributed by atoms with Gasteiger partial charge < -0.3 is 15.2 Å². The molecule has 146 valence electrons. The monoisotopic (exact) mass is 396 g/mol. The second-order valence-corrected chi connectivity index (χ2v) is 5.93. The van der Waals surface area contributed by atoms with Crippen molar-refractivity contribution in [3.05, 3.63) is 53.8 Å². The molecule has 0 saturated carbocycles. The largest absolute Gasteiger partial charge is 0.504 e. The summed E-state index contributed by atoms with van der Waals surface area (Å²) in [6, 6.07) is 11.2. The molecule has 0 aliphatic rings. The van der Waals surface area contributed by atoms with Gasteiger partial charge in [0.15, 0.2) is 23.1 Å². The maximum absolute atomic E-state index is 13.3. The number of hydrogen-bond donors (Lipinski definition) is 2. The van der Waals surface area contributed by atoms with Crippen molar-refractivity contribution >= 4 is 16.4 Å². The Morgan fingerprint density at radius 1 is 1.22 bits per heavy atom. The number of benzene rings is 2. The van der Waals surface area contributed by atoms with Crippen LogP contribution in [0.4, 0.5) is 4.39 Å². The SMILES string of the molecule is CC(=O)NCCN=S(=O)=O.CCc1ccc(Oc2ccccc2F)c(O)c1. The number of rotatable bonds is 6. The minimum Gasteiger partial charge on any atom is -0.504 e. The van der Waals surface area contributed by atoms with Crippen molar-refractivity contribution in [2.75, 3.05) is 13.1 Å². The Hall–Kier alpha value is -2.94. The number of carbonyl (C=O) groups is 1. The van der Waals surface area contributed by atoms with E-state index < -0.39 is 16.3 Å². The van der Waals surface area contributed by atoms with Gasteiger partial charge in [0, 0.05) is 13.5 Å². The quantitative estimate of drug-likeness (QED) is 0.730. The fourth-order valence-corrected chi connectivity index (χ4v) is 2.11. The lowest BCUT2D eigenvalue weighted by atomic mass is 10.1. The molecule has 0 bridgehead atoms. The first kappa shape index (κ1) is 22.1. The summed E-state index contributed by atoms with van der Waals surface area (Å²) in [4.78, 5) is 10.2. The van der Waals surface area contributed by atoms with Gasteiger partial charge in [-0.1, -0.05) is 25.1 Å². The summed E-state index contributed by atoms with van der Waals surface area (Å²) in [6.45, 7) is 3.72. The lowest BCUT2D eigenvalue weighted by molar-refractivity contribution is -0.118. The van der Waals surface area contributed by atoms with Gasteiger partial charge >= 0.3 is 10.5 Å². The Morgan fingerprint density at radius 3 is 2.48 bits per heavy atom. The molecule has 0 aromatic heterocycles. The predicted molar refractivity (Wildman–Crippen MR) is 98.9 cm³/mol. The van der Waals surface area contributed by atoms with Gasteiger partial charge in [0.1, 0.15) is 0 Å². The van der Waals surface area contributed by atoms with Crippen LogP contribution in [0.1, 0.15) is 19.4 Å². The average molecular weight is 396 g/mol. The number of aromatic hydroxyl groups is 1. The number of ether oxygens (including phenoxy) is 1. The molecule has 27 heavy (non-hydrogen) atoms. The van der Waals surface area contributed by atoms with E-state index in [1.165, 1.54) is 19.1 Å². The molecule has 7 nitrogen and oxygen atoms in total. The summed E-state index contributed by atoms with van der Waals surface area (Å²) in [7, 11) is -2.36. The van der Waals surface area contributed by atoms with E-state index in [0.717, 1.165) is 12.0 Å². The minimum atomic E-state index is -2.36. The Labute approximate surface area is 158 Å². The molecule has 0 heterocycles. The van der Waals surface area contributed by atoms with Crippen LogP contribution in [0.15, 0.2) is 46.8 Å². The van der Waals surface area contributed by atoms with Crippen LogP contribution in [0.2, 0.25) is 0 Å². The highest BCUT2D eigenvalue weighted by molar-refractivity contribution is 7.61. The summed E-state index contributed by atoms with van der Waals surface area (Å²) in [5, 5.41) is 12.1.